The fourth-order valence-electron chi connectivity index (χ4n) is 2.47. The molecule has 0 spiro atoms. The summed E-state index contributed by atoms with van der Waals surface area (Å²) >= 11 is 0. The summed E-state index contributed by atoms with van der Waals surface area (Å²) in [4.78, 5) is 0.244. The lowest BCUT2D eigenvalue weighted by Gasteiger charge is -2.11. The zero-order valence-corrected chi connectivity index (χ0v) is 12.2. The lowest BCUT2D eigenvalue weighted by Crippen LogP contribution is -2.29. The number of H-pyrrole nitrogens is 1. The van der Waals surface area contributed by atoms with Crippen molar-refractivity contribution in [2.24, 2.45) is 0 Å². The van der Waals surface area contributed by atoms with Gasteiger partial charge in [-0.1, -0.05) is 12.8 Å². The highest BCUT2D eigenvalue weighted by atomic mass is 32.2. The number of hydrogen-bond donors (Lipinski definition) is 2. The highest BCUT2D eigenvalue weighted by Gasteiger charge is 2.22. The van der Waals surface area contributed by atoms with Crippen LogP contribution in [0.3, 0.4) is 0 Å². The number of rotatable bonds is 6. The number of aryl methyl sites for hydroxylation is 2. The Morgan fingerprint density at radius 3 is 2.63 bits per heavy atom. The van der Waals surface area contributed by atoms with Crippen LogP contribution < -0.4 is 4.72 Å². The van der Waals surface area contributed by atoms with Crippen LogP contribution >= 0.6 is 0 Å². The summed E-state index contributed by atoms with van der Waals surface area (Å²) in [6.45, 7) is 4.08. The second kappa shape index (κ2) is 6.02. The van der Waals surface area contributed by atoms with E-state index in [2.05, 4.69) is 14.9 Å². The van der Waals surface area contributed by atoms with Crippen molar-refractivity contribution in [3.05, 3.63) is 11.4 Å². The van der Waals surface area contributed by atoms with Crippen LogP contribution in [-0.2, 0) is 14.8 Å². The van der Waals surface area contributed by atoms with Gasteiger partial charge in [0.1, 0.15) is 4.90 Å². The third-order valence-electron chi connectivity index (χ3n) is 3.38. The number of aromatic nitrogens is 2. The van der Waals surface area contributed by atoms with Gasteiger partial charge in [-0.25, -0.2) is 13.1 Å². The predicted molar refractivity (Wildman–Crippen MR) is 71.5 cm³/mol. The third kappa shape index (κ3) is 3.55. The van der Waals surface area contributed by atoms with E-state index in [9.17, 15) is 8.42 Å². The van der Waals surface area contributed by atoms with Gasteiger partial charge in [0.25, 0.3) is 0 Å². The first-order valence-corrected chi connectivity index (χ1v) is 8.12. The lowest BCUT2D eigenvalue weighted by molar-refractivity contribution is 0.0626. The Hall–Kier alpha value is -0.920. The first-order valence-electron chi connectivity index (χ1n) is 6.63. The minimum atomic E-state index is -3.50. The average molecular weight is 287 g/mol. The zero-order chi connectivity index (χ0) is 13.9. The van der Waals surface area contributed by atoms with Gasteiger partial charge in [0, 0.05) is 6.54 Å². The SMILES string of the molecule is Cc1n[nH]c(C)c1S(=O)(=O)NCCOC1CCCC1. The smallest absolute Gasteiger partial charge is 0.244 e. The van der Waals surface area contributed by atoms with Crippen LogP contribution in [0.1, 0.15) is 37.1 Å². The Bertz CT molecular complexity index is 499. The van der Waals surface area contributed by atoms with Gasteiger partial charge in [0.05, 0.1) is 24.1 Å². The van der Waals surface area contributed by atoms with E-state index in [4.69, 9.17) is 4.74 Å². The molecule has 6 nitrogen and oxygen atoms in total. The molecule has 1 aromatic heterocycles. The molecule has 1 heterocycles. The summed E-state index contributed by atoms with van der Waals surface area (Å²) in [6, 6.07) is 0. The third-order valence-corrected chi connectivity index (χ3v) is 5.10. The molecule has 0 aliphatic heterocycles. The van der Waals surface area contributed by atoms with Crippen molar-refractivity contribution in [1.82, 2.24) is 14.9 Å². The summed E-state index contributed by atoms with van der Waals surface area (Å²) in [6.07, 6.45) is 4.91. The van der Waals surface area contributed by atoms with Crippen LogP contribution in [0.5, 0.6) is 0 Å². The molecule has 1 saturated carbocycles. The Morgan fingerprint density at radius 2 is 2.05 bits per heavy atom. The first-order chi connectivity index (χ1) is 9.00. The molecule has 2 rings (SSSR count). The maximum Gasteiger partial charge on any atom is 0.244 e. The molecular formula is C12H21N3O3S. The number of ether oxygens (including phenoxy) is 1. The summed E-state index contributed by atoms with van der Waals surface area (Å²) in [7, 11) is -3.50. The minimum absolute atomic E-state index is 0.244. The predicted octanol–water partition coefficient (Wildman–Crippen LogP) is 1.26. The number of aromatic amines is 1. The molecule has 0 unspecified atom stereocenters. The standard InChI is InChI=1S/C12H21N3O3S/c1-9-12(10(2)15-14-9)19(16,17)13-7-8-18-11-5-3-4-6-11/h11,13H,3-8H2,1-2H3,(H,14,15). The average Bonchev–Trinajstić information content (AvgIpc) is 2.95. The van der Waals surface area contributed by atoms with Gasteiger partial charge in [-0.05, 0) is 26.7 Å². The molecule has 2 N–H and O–H groups in total. The zero-order valence-electron chi connectivity index (χ0n) is 11.4. The van der Waals surface area contributed by atoms with Crippen LogP contribution in [0.2, 0.25) is 0 Å². The van der Waals surface area contributed by atoms with Gasteiger partial charge in [-0.3, -0.25) is 5.10 Å². The van der Waals surface area contributed by atoms with E-state index in [1.165, 1.54) is 12.8 Å². The normalized spacial score (nSPS) is 17.2. The van der Waals surface area contributed by atoms with Crippen molar-refractivity contribution in [3.63, 3.8) is 0 Å². The van der Waals surface area contributed by atoms with E-state index >= 15 is 0 Å². The maximum absolute atomic E-state index is 12.1. The summed E-state index contributed by atoms with van der Waals surface area (Å²) in [5, 5.41) is 6.58. The second-order valence-electron chi connectivity index (χ2n) is 4.94. The van der Waals surface area contributed by atoms with E-state index in [0.29, 0.717) is 30.6 Å². The number of nitrogens with zero attached hydrogens (tertiary/aromatic N) is 1. The molecule has 1 aromatic rings. The molecule has 0 amide bonds. The Balaban J connectivity index is 1.84. The molecule has 0 radical (unpaired) electrons. The van der Waals surface area contributed by atoms with Crippen LogP contribution in [0.25, 0.3) is 0 Å². The van der Waals surface area contributed by atoms with E-state index in [-0.39, 0.29) is 4.90 Å². The summed E-state index contributed by atoms with van der Waals surface area (Å²) < 4.78 is 32.4. The van der Waals surface area contributed by atoms with E-state index < -0.39 is 10.0 Å². The van der Waals surface area contributed by atoms with E-state index in [1.807, 2.05) is 0 Å². The minimum Gasteiger partial charge on any atom is -0.377 e. The number of nitrogens with one attached hydrogen (secondary N) is 2. The highest BCUT2D eigenvalue weighted by molar-refractivity contribution is 7.89. The molecule has 1 aliphatic rings. The molecular weight excluding hydrogens is 266 g/mol. The monoisotopic (exact) mass is 287 g/mol. The summed E-state index contributed by atoms with van der Waals surface area (Å²) in [5.74, 6) is 0. The Kier molecular flexibility index (Phi) is 4.59. The van der Waals surface area contributed by atoms with Crippen molar-refractivity contribution < 1.29 is 13.2 Å². The fraction of sp³-hybridized carbons (Fsp3) is 0.750. The number of hydrogen-bond acceptors (Lipinski definition) is 4. The van der Waals surface area contributed by atoms with Crippen molar-refractivity contribution in [2.45, 2.75) is 50.5 Å². The second-order valence-corrected chi connectivity index (χ2v) is 6.64. The number of sulfonamides is 1. The molecule has 1 aliphatic carbocycles. The molecule has 19 heavy (non-hydrogen) atoms. The van der Waals surface area contributed by atoms with Gasteiger partial charge < -0.3 is 4.74 Å². The van der Waals surface area contributed by atoms with E-state index in [0.717, 1.165) is 12.8 Å². The van der Waals surface area contributed by atoms with Crippen molar-refractivity contribution in [3.8, 4) is 0 Å². The molecule has 7 heteroatoms. The lowest BCUT2D eigenvalue weighted by atomic mass is 10.3. The van der Waals surface area contributed by atoms with Gasteiger partial charge in [0.15, 0.2) is 0 Å². The first kappa shape index (κ1) is 14.5. The molecule has 0 bridgehead atoms. The molecule has 0 aromatic carbocycles. The fourth-order valence-corrected chi connectivity index (χ4v) is 3.85. The van der Waals surface area contributed by atoms with Gasteiger partial charge >= 0.3 is 0 Å². The largest absolute Gasteiger partial charge is 0.377 e. The molecule has 1 fully saturated rings. The van der Waals surface area contributed by atoms with Crippen molar-refractivity contribution >= 4 is 10.0 Å². The highest BCUT2D eigenvalue weighted by Crippen LogP contribution is 2.20. The van der Waals surface area contributed by atoms with Gasteiger partial charge in [0.2, 0.25) is 10.0 Å². The quantitative estimate of drug-likeness (QED) is 0.772. The van der Waals surface area contributed by atoms with Gasteiger partial charge in [-0.15, -0.1) is 0 Å². The molecule has 108 valence electrons. The van der Waals surface area contributed by atoms with Crippen LogP contribution in [0, 0.1) is 13.8 Å². The topological polar surface area (TPSA) is 84.1 Å². The maximum atomic E-state index is 12.1. The molecule has 0 saturated heterocycles. The summed E-state index contributed by atoms with van der Waals surface area (Å²) in [5.41, 5.74) is 1.04. The van der Waals surface area contributed by atoms with Crippen LogP contribution in [-0.4, -0.2) is 37.9 Å². The van der Waals surface area contributed by atoms with Crippen molar-refractivity contribution in [2.75, 3.05) is 13.2 Å². The van der Waals surface area contributed by atoms with E-state index in [1.54, 1.807) is 13.8 Å². The Morgan fingerprint density at radius 1 is 1.37 bits per heavy atom. The van der Waals surface area contributed by atoms with Crippen LogP contribution in [0.4, 0.5) is 0 Å². The van der Waals surface area contributed by atoms with Crippen LogP contribution in [0.15, 0.2) is 4.90 Å². The van der Waals surface area contributed by atoms with Crippen molar-refractivity contribution in [1.29, 1.82) is 0 Å². The molecule has 0 atom stereocenters. The van der Waals surface area contributed by atoms with Gasteiger partial charge in [-0.2, -0.15) is 5.10 Å². The Labute approximate surface area is 114 Å².